The lowest BCUT2D eigenvalue weighted by atomic mass is 10.2. The Labute approximate surface area is 116 Å². The molecular formula is C13H16ClN3S. The molecule has 18 heavy (non-hydrogen) atoms. The van der Waals surface area contributed by atoms with E-state index in [1.54, 1.807) is 17.5 Å². The zero-order chi connectivity index (χ0) is 13.0. The molecule has 5 heteroatoms. The van der Waals surface area contributed by atoms with Crippen LogP contribution in [0.25, 0.3) is 0 Å². The predicted octanol–water partition coefficient (Wildman–Crippen LogP) is 3.40. The highest BCUT2D eigenvalue weighted by Crippen LogP contribution is 2.23. The maximum absolute atomic E-state index is 5.94. The van der Waals surface area contributed by atoms with E-state index in [4.69, 9.17) is 17.3 Å². The van der Waals surface area contributed by atoms with Gasteiger partial charge in [0.2, 0.25) is 0 Å². The van der Waals surface area contributed by atoms with Crippen molar-refractivity contribution < 1.29 is 0 Å². The lowest BCUT2D eigenvalue weighted by Crippen LogP contribution is -2.21. The van der Waals surface area contributed by atoms with Crippen LogP contribution < -0.4 is 5.73 Å². The van der Waals surface area contributed by atoms with Crippen LogP contribution in [0.5, 0.6) is 0 Å². The first kappa shape index (κ1) is 13.3. The minimum Gasteiger partial charge on any atom is -0.384 e. The second-order valence-corrected chi connectivity index (χ2v) is 5.90. The van der Waals surface area contributed by atoms with Gasteiger partial charge in [0, 0.05) is 24.2 Å². The van der Waals surface area contributed by atoms with E-state index in [9.17, 15) is 0 Å². The second kappa shape index (κ2) is 6.18. The van der Waals surface area contributed by atoms with Gasteiger partial charge in [-0.25, -0.2) is 4.98 Å². The van der Waals surface area contributed by atoms with Crippen LogP contribution in [0.4, 0.5) is 5.82 Å². The predicted molar refractivity (Wildman–Crippen MR) is 77.8 cm³/mol. The van der Waals surface area contributed by atoms with Gasteiger partial charge < -0.3 is 5.73 Å². The maximum atomic E-state index is 5.94. The van der Waals surface area contributed by atoms with Gasteiger partial charge in [-0.05, 0) is 36.4 Å². The molecule has 0 fully saturated rings. The van der Waals surface area contributed by atoms with E-state index in [0.29, 0.717) is 5.82 Å². The molecule has 0 aliphatic rings. The van der Waals surface area contributed by atoms with Gasteiger partial charge in [-0.2, -0.15) is 0 Å². The molecule has 0 spiro atoms. The summed E-state index contributed by atoms with van der Waals surface area (Å²) in [7, 11) is 0. The minimum atomic E-state index is 0.572. The number of nitrogens with two attached hydrogens (primary N) is 1. The Morgan fingerprint density at radius 1 is 1.33 bits per heavy atom. The molecule has 96 valence electrons. The first-order chi connectivity index (χ1) is 8.67. The molecule has 0 aliphatic heterocycles. The summed E-state index contributed by atoms with van der Waals surface area (Å²) < 4.78 is 0.842. The SMILES string of the molecule is CCN(Cc1ccnc(N)c1)Cc1ccc(Cl)s1. The molecule has 2 aromatic heterocycles. The fraction of sp³-hybridized carbons (Fsp3) is 0.308. The van der Waals surface area contributed by atoms with E-state index in [0.717, 1.165) is 24.0 Å². The maximum Gasteiger partial charge on any atom is 0.123 e. The molecule has 0 saturated carbocycles. The summed E-state index contributed by atoms with van der Waals surface area (Å²) in [6.45, 7) is 4.92. The third kappa shape index (κ3) is 3.70. The highest BCUT2D eigenvalue weighted by atomic mass is 35.5. The molecule has 2 rings (SSSR count). The highest BCUT2D eigenvalue weighted by Gasteiger charge is 2.07. The normalized spacial score (nSPS) is 11.1. The van der Waals surface area contributed by atoms with Gasteiger partial charge in [-0.1, -0.05) is 18.5 Å². The molecule has 0 radical (unpaired) electrons. The molecule has 0 atom stereocenters. The van der Waals surface area contributed by atoms with Crippen molar-refractivity contribution in [3.05, 3.63) is 45.2 Å². The van der Waals surface area contributed by atoms with Crippen LogP contribution in [0, 0.1) is 0 Å². The fourth-order valence-electron chi connectivity index (χ4n) is 1.79. The van der Waals surface area contributed by atoms with Gasteiger partial charge in [-0.3, -0.25) is 4.90 Å². The van der Waals surface area contributed by atoms with E-state index < -0.39 is 0 Å². The topological polar surface area (TPSA) is 42.2 Å². The second-order valence-electron chi connectivity index (χ2n) is 4.10. The number of pyridine rings is 1. The minimum absolute atomic E-state index is 0.572. The molecule has 0 aromatic carbocycles. The summed E-state index contributed by atoms with van der Waals surface area (Å²) in [5, 5.41) is 0. The summed E-state index contributed by atoms with van der Waals surface area (Å²) in [5.41, 5.74) is 6.87. The third-order valence-electron chi connectivity index (χ3n) is 2.71. The van der Waals surface area contributed by atoms with Gasteiger partial charge in [0.05, 0.1) is 4.34 Å². The monoisotopic (exact) mass is 281 g/mol. The zero-order valence-electron chi connectivity index (χ0n) is 10.3. The Bertz CT molecular complexity index is 512. The first-order valence-corrected chi connectivity index (χ1v) is 7.04. The van der Waals surface area contributed by atoms with Crippen molar-refractivity contribution in [3.8, 4) is 0 Å². The van der Waals surface area contributed by atoms with Crippen molar-refractivity contribution in [1.82, 2.24) is 9.88 Å². The smallest absolute Gasteiger partial charge is 0.123 e. The molecule has 2 aromatic rings. The third-order valence-corrected chi connectivity index (χ3v) is 3.92. The van der Waals surface area contributed by atoms with Crippen molar-refractivity contribution in [1.29, 1.82) is 0 Å². The summed E-state index contributed by atoms with van der Waals surface area (Å²) in [4.78, 5) is 7.63. The van der Waals surface area contributed by atoms with Crippen LogP contribution in [0.15, 0.2) is 30.5 Å². The van der Waals surface area contributed by atoms with Crippen LogP contribution in [0.2, 0.25) is 4.34 Å². The fourth-order valence-corrected chi connectivity index (χ4v) is 2.92. The lowest BCUT2D eigenvalue weighted by Gasteiger charge is -2.19. The average Bonchev–Trinajstić information content (AvgIpc) is 2.74. The Morgan fingerprint density at radius 3 is 2.78 bits per heavy atom. The number of rotatable bonds is 5. The summed E-state index contributed by atoms with van der Waals surface area (Å²) in [6.07, 6.45) is 1.75. The van der Waals surface area contributed by atoms with E-state index >= 15 is 0 Å². The molecule has 3 nitrogen and oxygen atoms in total. The molecule has 0 saturated heterocycles. The van der Waals surface area contributed by atoms with Gasteiger partial charge >= 0.3 is 0 Å². The van der Waals surface area contributed by atoms with Crippen LogP contribution in [-0.2, 0) is 13.1 Å². The summed E-state index contributed by atoms with van der Waals surface area (Å²) in [5.74, 6) is 0.572. The lowest BCUT2D eigenvalue weighted by molar-refractivity contribution is 0.274. The average molecular weight is 282 g/mol. The van der Waals surface area contributed by atoms with Crippen molar-refractivity contribution in [2.75, 3.05) is 12.3 Å². The molecule has 0 aliphatic carbocycles. The Kier molecular flexibility index (Phi) is 4.58. The largest absolute Gasteiger partial charge is 0.384 e. The van der Waals surface area contributed by atoms with Gasteiger partial charge in [0.1, 0.15) is 5.82 Å². The first-order valence-electron chi connectivity index (χ1n) is 5.84. The number of nitrogens with zero attached hydrogens (tertiary/aromatic N) is 2. The van der Waals surface area contributed by atoms with Crippen molar-refractivity contribution in [2.45, 2.75) is 20.0 Å². The van der Waals surface area contributed by atoms with Crippen molar-refractivity contribution >= 4 is 28.8 Å². The highest BCUT2D eigenvalue weighted by molar-refractivity contribution is 7.16. The Hall–Kier alpha value is -1.10. The quantitative estimate of drug-likeness (QED) is 0.913. The van der Waals surface area contributed by atoms with E-state index in [-0.39, 0.29) is 0 Å². The standard InChI is InChI=1S/C13H16ClN3S/c1-2-17(9-11-3-4-12(14)18-11)8-10-5-6-16-13(15)7-10/h3-7H,2,8-9H2,1H3,(H2,15,16). The molecule has 0 amide bonds. The number of hydrogen-bond donors (Lipinski definition) is 1. The zero-order valence-corrected chi connectivity index (χ0v) is 11.8. The number of nitrogen functional groups attached to an aromatic ring is 1. The van der Waals surface area contributed by atoms with Gasteiger partial charge in [0.15, 0.2) is 0 Å². The molecule has 0 bridgehead atoms. The van der Waals surface area contributed by atoms with E-state index in [2.05, 4.69) is 22.9 Å². The summed E-state index contributed by atoms with van der Waals surface area (Å²) >= 11 is 7.58. The van der Waals surface area contributed by atoms with Crippen molar-refractivity contribution in [2.24, 2.45) is 0 Å². The van der Waals surface area contributed by atoms with Gasteiger partial charge in [0.25, 0.3) is 0 Å². The van der Waals surface area contributed by atoms with Crippen LogP contribution in [0.3, 0.4) is 0 Å². The Morgan fingerprint density at radius 2 is 2.17 bits per heavy atom. The van der Waals surface area contributed by atoms with E-state index in [1.807, 2.05) is 18.2 Å². The van der Waals surface area contributed by atoms with Crippen molar-refractivity contribution in [3.63, 3.8) is 0 Å². The molecular weight excluding hydrogens is 266 g/mol. The number of aromatic nitrogens is 1. The Balaban J connectivity index is 2.01. The van der Waals surface area contributed by atoms with Crippen LogP contribution in [-0.4, -0.2) is 16.4 Å². The number of anilines is 1. The molecule has 2 N–H and O–H groups in total. The van der Waals surface area contributed by atoms with Crippen LogP contribution >= 0.6 is 22.9 Å². The van der Waals surface area contributed by atoms with Crippen LogP contribution in [0.1, 0.15) is 17.4 Å². The summed E-state index contributed by atoms with van der Waals surface area (Å²) in [6, 6.07) is 7.95. The molecule has 0 unspecified atom stereocenters. The molecule has 2 heterocycles. The van der Waals surface area contributed by atoms with Gasteiger partial charge in [-0.15, -0.1) is 11.3 Å². The number of halogens is 1. The number of thiophene rings is 1. The van der Waals surface area contributed by atoms with E-state index in [1.165, 1.54) is 10.4 Å². The number of hydrogen-bond acceptors (Lipinski definition) is 4.